The lowest BCUT2D eigenvalue weighted by molar-refractivity contribution is -0.118. The van der Waals surface area contributed by atoms with Crippen LogP contribution in [0, 0.1) is 0 Å². The molecular weight excluding hydrogens is 450 g/mol. The van der Waals surface area contributed by atoms with Crippen LogP contribution in [-0.2, 0) is 11.3 Å². The Kier molecular flexibility index (Phi) is 6.96. The second-order valence-electron chi connectivity index (χ2n) is 6.47. The highest BCUT2D eigenvalue weighted by molar-refractivity contribution is 7.99. The summed E-state index contributed by atoms with van der Waals surface area (Å²) in [5, 5.41) is 7.75. The van der Waals surface area contributed by atoms with Gasteiger partial charge in [-0.3, -0.25) is 4.79 Å². The van der Waals surface area contributed by atoms with E-state index in [1.807, 2.05) is 41.1 Å². The number of H-pyrrole nitrogens is 1. The van der Waals surface area contributed by atoms with Crippen molar-refractivity contribution in [1.82, 2.24) is 15.3 Å². The van der Waals surface area contributed by atoms with E-state index in [0.717, 1.165) is 31.9 Å². The molecule has 4 aromatic rings. The molecule has 0 atom stereocenters. The minimum atomic E-state index is -0.0634. The maximum atomic E-state index is 12.4. The molecular formula is C22H21N3O3S3. The first-order valence-electron chi connectivity index (χ1n) is 9.46. The Labute approximate surface area is 192 Å². The van der Waals surface area contributed by atoms with E-state index in [9.17, 15) is 4.79 Å². The third-order valence-electron chi connectivity index (χ3n) is 4.48. The third kappa shape index (κ3) is 5.12. The van der Waals surface area contributed by atoms with Crippen LogP contribution in [-0.4, -0.2) is 35.8 Å². The number of methoxy groups -OCH3 is 2. The van der Waals surface area contributed by atoms with Crippen molar-refractivity contribution in [3.8, 4) is 32.6 Å². The largest absolute Gasteiger partial charge is 0.493 e. The Morgan fingerprint density at radius 1 is 1.06 bits per heavy atom. The second kappa shape index (κ2) is 10.0. The molecule has 1 aromatic carbocycles. The van der Waals surface area contributed by atoms with Crippen LogP contribution in [0.3, 0.4) is 0 Å². The lowest BCUT2D eigenvalue weighted by atomic mass is 10.2. The van der Waals surface area contributed by atoms with Gasteiger partial charge >= 0.3 is 0 Å². The van der Waals surface area contributed by atoms with Crippen LogP contribution >= 0.6 is 34.4 Å². The summed E-state index contributed by atoms with van der Waals surface area (Å²) >= 11 is 4.71. The fourth-order valence-corrected chi connectivity index (χ4v) is 5.13. The van der Waals surface area contributed by atoms with Gasteiger partial charge in [0, 0.05) is 6.54 Å². The Bertz CT molecular complexity index is 1090. The van der Waals surface area contributed by atoms with Gasteiger partial charge in [-0.2, -0.15) is 0 Å². The highest BCUT2D eigenvalue weighted by Crippen LogP contribution is 2.36. The molecule has 0 aliphatic rings. The lowest BCUT2D eigenvalue weighted by Gasteiger charge is -2.10. The number of carbonyl (C=O) groups is 1. The summed E-state index contributed by atoms with van der Waals surface area (Å²) in [6, 6.07) is 13.8. The van der Waals surface area contributed by atoms with Crippen molar-refractivity contribution in [3.05, 3.63) is 58.8 Å². The van der Waals surface area contributed by atoms with Crippen LogP contribution in [0.4, 0.5) is 0 Å². The average Bonchev–Trinajstić information content (AvgIpc) is 3.56. The Hall–Kier alpha value is -2.75. The van der Waals surface area contributed by atoms with E-state index in [1.165, 1.54) is 11.8 Å². The molecule has 0 fully saturated rings. The number of imidazole rings is 1. The third-order valence-corrected chi connectivity index (χ3v) is 7.12. The summed E-state index contributed by atoms with van der Waals surface area (Å²) in [4.78, 5) is 22.8. The number of hydrogen-bond donors (Lipinski definition) is 2. The van der Waals surface area contributed by atoms with Crippen LogP contribution in [0.1, 0.15) is 5.56 Å². The number of nitrogens with one attached hydrogen (secondary N) is 2. The molecule has 0 saturated heterocycles. The van der Waals surface area contributed by atoms with Crippen molar-refractivity contribution in [1.29, 1.82) is 0 Å². The van der Waals surface area contributed by atoms with Gasteiger partial charge in [0.25, 0.3) is 0 Å². The van der Waals surface area contributed by atoms with Crippen molar-refractivity contribution < 1.29 is 14.3 Å². The molecule has 6 nitrogen and oxygen atoms in total. The van der Waals surface area contributed by atoms with Gasteiger partial charge in [-0.05, 0) is 40.6 Å². The summed E-state index contributed by atoms with van der Waals surface area (Å²) in [7, 11) is 3.19. The number of carbonyl (C=O) groups excluding carboxylic acids is 1. The number of aromatic nitrogens is 2. The van der Waals surface area contributed by atoms with E-state index >= 15 is 0 Å². The monoisotopic (exact) mass is 471 g/mol. The van der Waals surface area contributed by atoms with E-state index in [1.54, 1.807) is 36.9 Å². The zero-order valence-corrected chi connectivity index (χ0v) is 19.5. The van der Waals surface area contributed by atoms with E-state index < -0.39 is 0 Å². The summed E-state index contributed by atoms with van der Waals surface area (Å²) in [6.07, 6.45) is 0. The molecule has 0 radical (unpaired) electrons. The van der Waals surface area contributed by atoms with E-state index in [-0.39, 0.29) is 11.7 Å². The first kappa shape index (κ1) is 21.5. The predicted molar refractivity (Wildman–Crippen MR) is 127 cm³/mol. The standard InChI is InChI=1S/C22H21N3O3S3/c1-27-15-8-7-14(11-16(15)28-2)12-23-19(26)13-31-22-24-20(17-5-3-9-29-17)21(25-22)18-6-4-10-30-18/h3-11H,12-13H2,1-2H3,(H,23,26)(H,24,25). The van der Waals surface area contributed by atoms with Gasteiger partial charge in [0.2, 0.25) is 5.91 Å². The first-order valence-corrected chi connectivity index (χ1v) is 12.2. The molecule has 4 rings (SSSR count). The van der Waals surface area contributed by atoms with Gasteiger partial charge in [0.05, 0.1) is 35.4 Å². The quantitative estimate of drug-likeness (QED) is 0.324. The molecule has 31 heavy (non-hydrogen) atoms. The maximum Gasteiger partial charge on any atom is 0.230 e. The fourth-order valence-electron chi connectivity index (χ4n) is 2.99. The Morgan fingerprint density at radius 3 is 2.48 bits per heavy atom. The Morgan fingerprint density at radius 2 is 1.81 bits per heavy atom. The molecule has 0 aliphatic heterocycles. The number of hydrogen-bond acceptors (Lipinski definition) is 7. The van der Waals surface area contributed by atoms with Crippen molar-refractivity contribution >= 4 is 40.3 Å². The number of benzene rings is 1. The number of amides is 1. The predicted octanol–water partition coefficient (Wildman–Crippen LogP) is 5.29. The van der Waals surface area contributed by atoms with Gasteiger partial charge in [-0.25, -0.2) is 4.98 Å². The van der Waals surface area contributed by atoms with Gasteiger partial charge in [0.15, 0.2) is 16.7 Å². The van der Waals surface area contributed by atoms with Crippen LogP contribution in [0.5, 0.6) is 11.5 Å². The van der Waals surface area contributed by atoms with Crippen LogP contribution in [0.2, 0.25) is 0 Å². The normalized spacial score (nSPS) is 10.8. The highest BCUT2D eigenvalue weighted by Gasteiger charge is 2.17. The number of nitrogens with zero attached hydrogens (tertiary/aromatic N) is 1. The van der Waals surface area contributed by atoms with Crippen LogP contribution in [0.25, 0.3) is 21.1 Å². The second-order valence-corrected chi connectivity index (χ2v) is 9.33. The van der Waals surface area contributed by atoms with Gasteiger partial charge < -0.3 is 19.8 Å². The number of aromatic amines is 1. The molecule has 0 aliphatic carbocycles. The topological polar surface area (TPSA) is 76.2 Å². The van der Waals surface area contributed by atoms with Crippen molar-refractivity contribution in [2.24, 2.45) is 0 Å². The molecule has 1 amide bonds. The fraction of sp³-hybridized carbons (Fsp3) is 0.182. The lowest BCUT2D eigenvalue weighted by Crippen LogP contribution is -2.24. The van der Waals surface area contributed by atoms with Crippen LogP contribution < -0.4 is 14.8 Å². The zero-order valence-electron chi connectivity index (χ0n) is 17.0. The summed E-state index contributed by atoms with van der Waals surface area (Å²) < 4.78 is 10.6. The minimum Gasteiger partial charge on any atom is -0.493 e. The summed E-state index contributed by atoms with van der Waals surface area (Å²) in [5.74, 6) is 1.51. The number of ether oxygens (including phenoxy) is 2. The van der Waals surface area contributed by atoms with Crippen molar-refractivity contribution in [3.63, 3.8) is 0 Å². The highest BCUT2D eigenvalue weighted by atomic mass is 32.2. The zero-order chi connectivity index (χ0) is 21.6. The molecule has 9 heteroatoms. The maximum absolute atomic E-state index is 12.4. The Balaban J connectivity index is 1.39. The first-order chi connectivity index (χ1) is 15.2. The smallest absolute Gasteiger partial charge is 0.230 e. The van der Waals surface area contributed by atoms with Crippen molar-refractivity contribution in [2.45, 2.75) is 11.7 Å². The molecule has 2 N–H and O–H groups in total. The summed E-state index contributed by atoms with van der Waals surface area (Å²) in [5.41, 5.74) is 2.85. The number of thioether (sulfide) groups is 1. The van der Waals surface area contributed by atoms with E-state index in [0.29, 0.717) is 18.0 Å². The molecule has 3 heterocycles. The molecule has 0 saturated carbocycles. The SMILES string of the molecule is COc1ccc(CNC(=O)CSc2nc(-c3cccs3)c(-c3cccs3)[nH]2)cc1OC. The molecule has 3 aromatic heterocycles. The minimum absolute atomic E-state index is 0.0634. The molecule has 160 valence electrons. The number of thiophene rings is 2. The average molecular weight is 472 g/mol. The van der Waals surface area contributed by atoms with Crippen molar-refractivity contribution in [2.75, 3.05) is 20.0 Å². The number of rotatable bonds is 9. The molecule has 0 unspecified atom stereocenters. The van der Waals surface area contributed by atoms with E-state index in [4.69, 9.17) is 14.5 Å². The molecule has 0 bridgehead atoms. The van der Waals surface area contributed by atoms with Gasteiger partial charge in [-0.15, -0.1) is 22.7 Å². The van der Waals surface area contributed by atoms with E-state index in [2.05, 4.69) is 22.4 Å². The molecule has 0 spiro atoms. The summed E-state index contributed by atoms with van der Waals surface area (Å²) in [6.45, 7) is 0.415. The van der Waals surface area contributed by atoms with Gasteiger partial charge in [-0.1, -0.05) is 30.0 Å². The van der Waals surface area contributed by atoms with Crippen LogP contribution in [0.15, 0.2) is 58.4 Å². The van der Waals surface area contributed by atoms with Gasteiger partial charge in [0.1, 0.15) is 5.69 Å².